The Morgan fingerprint density at radius 3 is 2.60 bits per heavy atom. The molecule has 6 nitrogen and oxygen atoms in total. The maximum atomic E-state index is 11.7. The zero-order chi connectivity index (χ0) is 11.0. The molecule has 0 unspecified atom stereocenters. The zero-order valence-corrected chi connectivity index (χ0v) is 8.69. The van der Waals surface area contributed by atoms with Crippen LogP contribution in [-0.2, 0) is 0 Å². The largest absolute Gasteiger partial charge is 0.706 e. The summed E-state index contributed by atoms with van der Waals surface area (Å²) in [4.78, 5) is 1.80. The van der Waals surface area contributed by atoms with Crippen LogP contribution >= 0.6 is 0 Å². The summed E-state index contributed by atoms with van der Waals surface area (Å²) >= 11 is 0. The van der Waals surface area contributed by atoms with Crippen LogP contribution in [-0.4, -0.2) is 13.1 Å². The van der Waals surface area contributed by atoms with Crippen LogP contribution < -0.4 is 15.4 Å². The molecule has 2 heterocycles. The Hall–Kier alpha value is -1.85. The average Bonchev–Trinajstić information content (AvgIpc) is 2.69. The van der Waals surface area contributed by atoms with E-state index in [0.29, 0.717) is 23.4 Å². The first kappa shape index (κ1) is 9.70. The maximum absolute atomic E-state index is 11.7. The topological polar surface area (TPSA) is 82.5 Å². The fourth-order valence-electron chi connectivity index (χ4n) is 1.51. The summed E-state index contributed by atoms with van der Waals surface area (Å²) in [6.45, 7) is 5.29. The van der Waals surface area contributed by atoms with Crippen LogP contribution in [0.1, 0.15) is 13.8 Å². The molecule has 0 radical (unpaired) electrons. The summed E-state index contributed by atoms with van der Waals surface area (Å²) in [6.07, 6.45) is 0. The fourth-order valence-corrected chi connectivity index (χ4v) is 1.51. The van der Waals surface area contributed by atoms with E-state index < -0.39 is 0 Å². The molecular formula is C9H13N3O3. The fraction of sp³-hybridized carbons (Fsp3) is 0.444. The van der Waals surface area contributed by atoms with E-state index >= 15 is 0 Å². The van der Waals surface area contributed by atoms with Crippen molar-refractivity contribution in [2.24, 2.45) is 0 Å². The molecule has 0 spiro atoms. The highest BCUT2D eigenvalue weighted by molar-refractivity contribution is 5.68. The Morgan fingerprint density at radius 1 is 1.40 bits per heavy atom. The molecule has 0 atom stereocenters. The minimum Gasteiger partial charge on any atom is -0.706 e. The van der Waals surface area contributed by atoms with Gasteiger partial charge in [0, 0.05) is 6.07 Å². The van der Waals surface area contributed by atoms with Gasteiger partial charge in [0.15, 0.2) is 5.88 Å². The van der Waals surface area contributed by atoms with Gasteiger partial charge < -0.3 is 19.8 Å². The molecular weight excluding hydrogens is 198 g/mol. The molecule has 0 aliphatic heterocycles. The van der Waals surface area contributed by atoms with Crippen LogP contribution in [0.15, 0.2) is 14.9 Å². The van der Waals surface area contributed by atoms with Gasteiger partial charge in [-0.25, -0.2) is 4.90 Å². The van der Waals surface area contributed by atoms with Gasteiger partial charge in [-0.1, -0.05) is 0 Å². The first-order valence-electron chi connectivity index (χ1n) is 4.83. The highest BCUT2D eigenvalue weighted by Crippen LogP contribution is 2.23. The predicted molar refractivity (Wildman–Crippen MR) is 55.4 cm³/mol. The lowest BCUT2D eigenvalue weighted by Gasteiger charge is -2.10. The number of nitrogens with two attached hydrogens (primary N) is 1. The van der Waals surface area contributed by atoms with Crippen molar-refractivity contribution >= 4 is 23.2 Å². The van der Waals surface area contributed by atoms with Crippen molar-refractivity contribution in [3.63, 3.8) is 0 Å². The third-order valence-corrected chi connectivity index (χ3v) is 2.29. The molecule has 0 aromatic carbocycles. The van der Waals surface area contributed by atoms with Crippen LogP contribution in [0.2, 0.25) is 0 Å². The summed E-state index contributed by atoms with van der Waals surface area (Å²) in [5.74, 6) is 0.180. The van der Waals surface area contributed by atoms with E-state index in [9.17, 15) is 5.21 Å². The molecule has 2 aromatic heterocycles. The van der Waals surface area contributed by atoms with E-state index in [0.717, 1.165) is 0 Å². The van der Waals surface area contributed by atoms with Gasteiger partial charge in [-0.3, -0.25) is 0 Å². The van der Waals surface area contributed by atoms with Gasteiger partial charge in [-0.05, 0) is 13.8 Å². The first-order valence-corrected chi connectivity index (χ1v) is 4.83. The van der Waals surface area contributed by atoms with Gasteiger partial charge in [0.1, 0.15) is 0 Å². The number of furan rings is 1. The molecule has 0 aliphatic rings. The van der Waals surface area contributed by atoms with Crippen molar-refractivity contribution in [3.05, 3.63) is 11.3 Å². The first-order chi connectivity index (χ1) is 7.17. The molecule has 6 heteroatoms. The molecule has 0 fully saturated rings. The Bertz CT molecular complexity index is 470. The van der Waals surface area contributed by atoms with Gasteiger partial charge >= 0.3 is 11.7 Å². The number of fused-ring (bicyclic) bond motifs is 1. The van der Waals surface area contributed by atoms with Crippen molar-refractivity contribution in [1.82, 2.24) is 0 Å². The molecule has 15 heavy (non-hydrogen) atoms. The molecule has 0 saturated carbocycles. The number of hydrogen-bond donors (Lipinski definition) is 1. The maximum Gasteiger partial charge on any atom is 0.463 e. The van der Waals surface area contributed by atoms with Crippen LogP contribution in [0, 0.1) is 5.21 Å². The van der Waals surface area contributed by atoms with Gasteiger partial charge in [0.05, 0.1) is 13.1 Å². The van der Waals surface area contributed by atoms with Gasteiger partial charge in [0.25, 0.3) is 0 Å². The Balaban J connectivity index is 2.53. The summed E-state index contributed by atoms with van der Waals surface area (Å²) in [5.41, 5.74) is 5.90. The van der Waals surface area contributed by atoms with Crippen LogP contribution in [0.4, 0.5) is 11.9 Å². The van der Waals surface area contributed by atoms with Gasteiger partial charge in [0.2, 0.25) is 5.58 Å². The van der Waals surface area contributed by atoms with E-state index in [1.54, 1.807) is 4.90 Å². The number of nitrogens with zero attached hydrogens (tertiary/aromatic N) is 2. The van der Waals surface area contributed by atoms with Crippen molar-refractivity contribution in [2.75, 3.05) is 23.7 Å². The van der Waals surface area contributed by atoms with Crippen LogP contribution in [0.3, 0.4) is 0 Å². The molecule has 0 saturated heterocycles. The Labute approximate surface area is 86.4 Å². The highest BCUT2D eigenvalue weighted by Gasteiger charge is 2.24. The predicted octanol–water partition coefficient (Wildman–Crippen LogP) is 1.09. The lowest BCUT2D eigenvalue weighted by atomic mass is 10.5. The number of aromatic nitrogens is 1. The average molecular weight is 211 g/mol. The molecule has 82 valence electrons. The lowest BCUT2D eigenvalue weighted by Crippen LogP contribution is -2.36. The van der Waals surface area contributed by atoms with E-state index in [1.807, 2.05) is 13.8 Å². The zero-order valence-electron chi connectivity index (χ0n) is 8.69. The summed E-state index contributed by atoms with van der Waals surface area (Å²) in [5, 5.41) is 11.7. The summed E-state index contributed by atoms with van der Waals surface area (Å²) < 4.78 is 11.0. The van der Waals surface area contributed by atoms with E-state index in [4.69, 9.17) is 14.6 Å². The third-order valence-electron chi connectivity index (χ3n) is 2.29. The number of hydrogen-bond acceptors (Lipinski definition) is 5. The molecule has 0 aliphatic carbocycles. The minimum absolute atomic E-state index is 0.120. The Kier molecular flexibility index (Phi) is 2.18. The van der Waals surface area contributed by atoms with E-state index in [2.05, 4.69) is 0 Å². The second-order valence-electron chi connectivity index (χ2n) is 3.17. The smallest absolute Gasteiger partial charge is 0.463 e. The van der Waals surface area contributed by atoms with Crippen molar-refractivity contribution < 1.29 is 13.6 Å². The van der Waals surface area contributed by atoms with Gasteiger partial charge in [-0.15, -0.1) is 0 Å². The van der Waals surface area contributed by atoms with E-state index in [1.165, 1.54) is 6.07 Å². The normalized spacial score (nSPS) is 11.1. The molecule has 2 N–H and O–H groups in total. The molecule has 0 amide bonds. The highest BCUT2D eigenvalue weighted by atomic mass is 16.5. The molecule has 2 rings (SSSR count). The molecule has 0 bridgehead atoms. The number of anilines is 2. The van der Waals surface area contributed by atoms with Gasteiger partial charge in [-0.2, -0.15) is 4.73 Å². The number of rotatable bonds is 3. The monoisotopic (exact) mass is 211 g/mol. The standard InChI is InChI=1S/C9H13N3O3/c1-3-11(4-2)9-12(13)8-6(14-9)5-7(10)15-8/h5H,3-4,10H2,1-2H3. The quantitative estimate of drug-likeness (QED) is 0.607. The van der Waals surface area contributed by atoms with Crippen molar-refractivity contribution in [1.29, 1.82) is 0 Å². The Morgan fingerprint density at radius 2 is 2.07 bits per heavy atom. The van der Waals surface area contributed by atoms with Crippen LogP contribution in [0.5, 0.6) is 0 Å². The summed E-state index contributed by atoms with van der Waals surface area (Å²) in [6, 6.07) is 1.74. The minimum atomic E-state index is 0.120. The summed E-state index contributed by atoms with van der Waals surface area (Å²) in [7, 11) is 0. The van der Waals surface area contributed by atoms with Crippen molar-refractivity contribution in [2.45, 2.75) is 13.8 Å². The third kappa shape index (κ3) is 1.38. The number of oxazole rings is 1. The number of nitrogen functional groups attached to an aromatic ring is 1. The lowest BCUT2D eigenvalue weighted by molar-refractivity contribution is -0.575. The van der Waals surface area contributed by atoms with Crippen molar-refractivity contribution in [3.8, 4) is 0 Å². The second-order valence-corrected chi connectivity index (χ2v) is 3.17. The van der Waals surface area contributed by atoms with Crippen LogP contribution in [0.25, 0.3) is 11.3 Å². The van der Waals surface area contributed by atoms with E-state index in [-0.39, 0.29) is 17.6 Å². The second kappa shape index (κ2) is 3.38. The SMILES string of the molecule is CCN(CC)c1oc2cc(N)oc2[n+]1[O-]. The molecule has 2 aromatic rings.